The number of hydrogen-bond acceptors (Lipinski definition) is 5. The number of ether oxygens (including phenoxy) is 2. The number of urea groups is 1. The smallest absolute Gasteiger partial charge is 0.315 e. The lowest BCUT2D eigenvalue weighted by molar-refractivity contribution is -0.252. The number of nitrogens with zero attached hydrogens (tertiary/aromatic N) is 2. The van der Waals surface area contributed by atoms with Gasteiger partial charge < -0.3 is 29.8 Å². The van der Waals surface area contributed by atoms with E-state index >= 15 is 0 Å². The monoisotopic (exact) mass is 562 g/mol. The normalized spacial score (nSPS) is 18.5. The number of hydrogen-bond donors (Lipinski definition) is 3. The van der Waals surface area contributed by atoms with Crippen LogP contribution < -0.4 is 10.6 Å². The molecule has 1 saturated heterocycles. The number of amides is 2. The summed E-state index contributed by atoms with van der Waals surface area (Å²) in [4.78, 5) is 16.8. The molecule has 0 aliphatic carbocycles. The maximum absolute atomic E-state index is 12.3. The van der Waals surface area contributed by atoms with Crippen molar-refractivity contribution in [3.05, 3.63) is 137 Å². The third-order valence-electron chi connectivity index (χ3n) is 7.54. The zero-order valence-corrected chi connectivity index (χ0v) is 23.2. The highest BCUT2D eigenvalue weighted by atomic mass is 16.7. The van der Waals surface area contributed by atoms with Gasteiger partial charge in [0.25, 0.3) is 0 Å². The van der Waals surface area contributed by atoms with E-state index in [4.69, 9.17) is 9.47 Å². The van der Waals surface area contributed by atoms with E-state index in [1.165, 1.54) is 0 Å². The molecule has 8 heteroatoms. The van der Waals surface area contributed by atoms with E-state index < -0.39 is 6.29 Å². The highest BCUT2D eigenvalue weighted by molar-refractivity contribution is 5.75. The first-order chi connectivity index (χ1) is 20.6. The van der Waals surface area contributed by atoms with Gasteiger partial charge in [0.1, 0.15) is 0 Å². The van der Waals surface area contributed by atoms with Crippen molar-refractivity contribution in [1.29, 1.82) is 0 Å². The molecule has 2 amide bonds. The first-order valence-electron chi connectivity index (χ1n) is 14.2. The van der Waals surface area contributed by atoms with Crippen molar-refractivity contribution in [2.45, 2.75) is 51.2 Å². The second-order valence-corrected chi connectivity index (χ2v) is 10.5. The number of carbonyl (C=O) groups is 1. The van der Waals surface area contributed by atoms with Gasteiger partial charge in [-0.3, -0.25) is 0 Å². The van der Waals surface area contributed by atoms with Crippen LogP contribution in [0.1, 0.15) is 46.6 Å². The van der Waals surface area contributed by atoms with Crippen molar-refractivity contribution in [2.24, 2.45) is 0 Å². The topological polar surface area (TPSA) is 97.6 Å². The fourth-order valence-electron chi connectivity index (χ4n) is 5.22. The van der Waals surface area contributed by atoms with Crippen LogP contribution in [0.4, 0.5) is 4.79 Å². The quantitative estimate of drug-likeness (QED) is 0.212. The Labute approximate surface area is 244 Å². The van der Waals surface area contributed by atoms with Gasteiger partial charge in [0.05, 0.1) is 42.7 Å². The Morgan fingerprint density at radius 1 is 0.786 bits per heavy atom. The van der Waals surface area contributed by atoms with Crippen molar-refractivity contribution in [1.82, 2.24) is 20.2 Å². The number of aliphatic hydroxyl groups is 1. The molecule has 2 heterocycles. The summed E-state index contributed by atoms with van der Waals surface area (Å²) in [5.74, 6) is 0. The van der Waals surface area contributed by atoms with Gasteiger partial charge in [-0.2, -0.15) is 0 Å². The summed E-state index contributed by atoms with van der Waals surface area (Å²) >= 11 is 0. The molecule has 8 nitrogen and oxygen atoms in total. The maximum Gasteiger partial charge on any atom is 0.315 e. The number of nitrogens with one attached hydrogen (secondary N) is 2. The zero-order valence-electron chi connectivity index (χ0n) is 23.2. The molecule has 0 radical (unpaired) electrons. The van der Waals surface area contributed by atoms with Crippen LogP contribution in [0.5, 0.6) is 0 Å². The Morgan fingerprint density at radius 3 is 2.17 bits per heavy atom. The van der Waals surface area contributed by atoms with Gasteiger partial charge in [0.15, 0.2) is 6.29 Å². The van der Waals surface area contributed by atoms with Crippen LogP contribution >= 0.6 is 0 Å². The Kier molecular flexibility index (Phi) is 8.56. The van der Waals surface area contributed by atoms with Crippen LogP contribution in [0.15, 0.2) is 109 Å². The second kappa shape index (κ2) is 13.0. The van der Waals surface area contributed by atoms with Crippen LogP contribution in [0.3, 0.4) is 0 Å². The van der Waals surface area contributed by atoms with E-state index in [1.54, 1.807) is 0 Å². The molecule has 1 aliphatic rings. The molecule has 4 aromatic carbocycles. The van der Waals surface area contributed by atoms with Crippen LogP contribution in [0, 0.1) is 0 Å². The summed E-state index contributed by atoms with van der Waals surface area (Å²) in [5, 5.41) is 15.3. The summed E-state index contributed by atoms with van der Waals surface area (Å²) in [6.07, 6.45) is 1.70. The van der Waals surface area contributed by atoms with Crippen LogP contribution in [-0.4, -0.2) is 26.8 Å². The highest BCUT2D eigenvalue weighted by Crippen LogP contribution is 2.38. The number of aliphatic hydroxyl groups excluding tert-OH is 1. The first-order valence-corrected chi connectivity index (χ1v) is 14.2. The average Bonchev–Trinajstić information content (AvgIpc) is 3.46. The molecule has 0 saturated carbocycles. The standard InChI is InChI=1S/C34H34N4O4/c39-22-26-12-14-27(15-13-26)32-18-29(21-38-23-37-30-8-4-5-9-31(30)38)41-33(42-32)28-16-10-25(11-17-28)20-36-34(40)35-19-24-6-2-1-3-7-24/h1-17,23,29,32-33,39H,18-22H2,(H2,35,36,40)/t29-,32+,33+/m1/s1. The Hall–Kier alpha value is -4.50. The third kappa shape index (κ3) is 6.69. The molecule has 0 bridgehead atoms. The van der Waals surface area contributed by atoms with E-state index in [-0.39, 0.29) is 24.8 Å². The fourth-order valence-corrected chi connectivity index (χ4v) is 5.22. The maximum atomic E-state index is 12.3. The Balaban J connectivity index is 1.13. The minimum atomic E-state index is -0.558. The summed E-state index contributed by atoms with van der Waals surface area (Å²) in [5.41, 5.74) is 6.86. The number of fused-ring (bicyclic) bond motifs is 1. The summed E-state index contributed by atoms with van der Waals surface area (Å²) in [7, 11) is 0. The Bertz CT molecular complexity index is 1600. The van der Waals surface area contributed by atoms with Crippen LogP contribution in [-0.2, 0) is 35.7 Å². The molecule has 1 fully saturated rings. The lowest BCUT2D eigenvalue weighted by atomic mass is 10.00. The first kappa shape index (κ1) is 27.7. The third-order valence-corrected chi connectivity index (χ3v) is 7.54. The predicted octanol–water partition coefficient (Wildman–Crippen LogP) is 5.77. The van der Waals surface area contributed by atoms with Crippen LogP contribution in [0.25, 0.3) is 11.0 Å². The zero-order chi connectivity index (χ0) is 28.7. The minimum Gasteiger partial charge on any atom is -0.392 e. The largest absolute Gasteiger partial charge is 0.392 e. The average molecular weight is 563 g/mol. The Morgan fingerprint density at radius 2 is 1.43 bits per heavy atom. The van der Waals surface area contributed by atoms with Gasteiger partial charge >= 0.3 is 6.03 Å². The molecule has 214 valence electrons. The van der Waals surface area contributed by atoms with Gasteiger partial charge in [0, 0.05) is 25.1 Å². The predicted molar refractivity (Wildman–Crippen MR) is 160 cm³/mol. The van der Waals surface area contributed by atoms with Gasteiger partial charge in [-0.1, -0.05) is 91.0 Å². The number of aromatic nitrogens is 2. The molecule has 0 unspecified atom stereocenters. The summed E-state index contributed by atoms with van der Waals surface area (Å²) in [6, 6.07) is 33.5. The molecule has 42 heavy (non-hydrogen) atoms. The highest BCUT2D eigenvalue weighted by Gasteiger charge is 2.32. The molecule has 3 N–H and O–H groups in total. The second-order valence-electron chi connectivity index (χ2n) is 10.5. The van der Waals surface area contributed by atoms with Crippen molar-refractivity contribution < 1.29 is 19.4 Å². The van der Waals surface area contributed by atoms with Crippen molar-refractivity contribution in [3.8, 4) is 0 Å². The summed E-state index contributed by atoms with van der Waals surface area (Å²) in [6.45, 7) is 1.53. The van der Waals surface area contributed by atoms with E-state index in [0.717, 1.165) is 38.9 Å². The number of imidazole rings is 1. The molecular weight excluding hydrogens is 528 g/mol. The number of para-hydroxylation sites is 2. The number of carbonyl (C=O) groups excluding carboxylic acids is 1. The molecule has 0 spiro atoms. The number of benzene rings is 4. The van der Waals surface area contributed by atoms with Crippen molar-refractivity contribution >= 4 is 17.1 Å². The SMILES string of the molecule is O=C(NCc1ccccc1)NCc1ccc([C@H]2O[C@@H](Cn3cnc4ccccc43)C[C@@H](c3ccc(CO)cc3)O2)cc1. The minimum absolute atomic E-state index is 0.00373. The van der Waals surface area contributed by atoms with Crippen molar-refractivity contribution in [3.63, 3.8) is 0 Å². The fraction of sp³-hybridized carbons (Fsp3) is 0.235. The molecule has 5 aromatic rings. The molecule has 6 rings (SSSR count). The van der Waals surface area contributed by atoms with Gasteiger partial charge in [-0.15, -0.1) is 0 Å². The molecule has 3 atom stereocenters. The van der Waals surface area contributed by atoms with Crippen LogP contribution in [0.2, 0.25) is 0 Å². The van der Waals surface area contributed by atoms with E-state index in [1.807, 2.05) is 103 Å². The van der Waals surface area contributed by atoms with Gasteiger partial charge in [-0.25, -0.2) is 9.78 Å². The number of rotatable bonds is 9. The van der Waals surface area contributed by atoms with Crippen molar-refractivity contribution in [2.75, 3.05) is 0 Å². The lowest BCUT2D eigenvalue weighted by Crippen LogP contribution is -2.34. The molecule has 1 aromatic heterocycles. The van der Waals surface area contributed by atoms with E-state index in [9.17, 15) is 9.90 Å². The molecule has 1 aliphatic heterocycles. The van der Waals surface area contributed by atoms with Gasteiger partial charge in [-0.05, 0) is 34.4 Å². The molecular formula is C34H34N4O4. The lowest BCUT2D eigenvalue weighted by Gasteiger charge is -2.36. The van der Waals surface area contributed by atoms with E-state index in [0.29, 0.717) is 26.1 Å². The van der Waals surface area contributed by atoms with E-state index in [2.05, 4.69) is 26.3 Å². The van der Waals surface area contributed by atoms with Gasteiger partial charge in [0.2, 0.25) is 0 Å². The summed E-state index contributed by atoms with van der Waals surface area (Å²) < 4.78 is 15.1.